The molecule has 2 aromatic rings. The Morgan fingerprint density at radius 3 is 2.38 bits per heavy atom. The first-order valence-electron chi connectivity index (χ1n) is 9.84. The maximum Gasteiger partial charge on any atom is 0.255 e. The molecule has 2 atom stereocenters. The van der Waals surface area contributed by atoms with Gasteiger partial charge in [0.25, 0.3) is 5.91 Å². The number of rotatable bonds is 5. The van der Waals surface area contributed by atoms with Gasteiger partial charge < -0.3 is 10.1 Å². The van der Waals surface area contributed by atoms with Gasteiger partial charge in [0.1, 0.15) is 0 Å². The lowest BCUT2D eigenvalue weighted by Crippen LogP contribution is -2.48. The third kappa shape index (κ3) is 5.04. The first-order chi connectivity index (χ1) is 13.7. The molecule has 156 valence electrons. The van der Waals surface area contributed by atoms with Crippen LogP contribution in [0.4, 0.5) is 5.69 Å². The van der Waals surface area contributed by atoms with Gasteiger partial charge >= 0.3 is 0 Å². The van der Waals surface area contributed by atoms with Crippen molar-refractivity contribution in [2.45, 2.75) is 50.7 Å². The molecule has 3 rings (SSSR count). The van der Waals surface area contributed by atoms with Crippen molar-refractivity contribution in [3.8, 4) is 0 Å². The number of hydrogen-bond donors (Lipinski definition) is 1. The van der Waals surface area contributed by atoms with Crippen LogP contribution in [0.15, 0.2) is 53.4 Å². The third-order valence-electron chi connectivity index (χ3n) is 4.93. The molecule has 2 unspecified atom stereocenters. The first-order valence-corrected chi connectivity index (χ1v) is 11.3. The molecule has 7 heteroatoms. The van der Waals surface area contributed by atoms with Crippen molar-refractivity contribution >= 4 is 21.6 Å². The Balaban J connectivity index is 1.81. The molecule has 1 aliphatic heterocycles. The molecular formula is C22H28N2O4S. The fraction of sp³-hybridized carbons (Fsp3) is 0.409. The van der Waals surface area contributed by atoms with Gasteiger partial charge in [0.05, 0.1) is 17.1 Å². The molecule has 1 aliphatic rings. The van der Waals surface area contributed by atoms with E-state index in [0.29, 0.717) is 30.3 Å². The number of ether oxygens (including phenoxy) is 1. The minimum atomic E-state index is -3.70. The Labute approximate surface area is 172 Å². The molecule has 0 radical (unpaired) electrons. The Kier molecular flexibility index (Phi) is 6.41. The summed E-state index contributed by atoms with van der Waals surface area (Å²) in [6.45, 7) is 8.47. The fourth-order valence-corrected chi connectivity index (χ4v) is 5.09. The van der Waals surface area contributed by atoms with Crippen molar-refractivity contribution in [2.75, 3.05) is 18.4 Å². The summed E-state index contributed by atoms with van der Waals surface area (Å²) < 4.78 is 33.2. The Morgan fingerprint density at radius 2 is 1.72 bits per heavy atom. The van der Waals surface area contributed by atoms with E-state index in [2.05, 4.69) is 19.2 Å². The number of benzene rings is 2. The van der Waals surface area contributed by atoms with E-state index in [4.69, 9.17) is 4.74 Å². The molecule has 1 N–H and O–H groups in total. The van der Waals surface area contributed by atoms with E-state index in [0.717, 1.165) is 5.56 Å². The van der Waals surface area contributed by atoms with Gasteiger partial charge in [0.2, 0.25) is 10.0 Å². The monoisotopic (exact) mass is 416 g/mol. The van der Waals surface area contributed by atoms with Gasteiger partial charge in [-0.25, -0.2) is 8.42 Å². The number of morpholine rings is 1. The highest BCUT2D eigenvalue weighted by Crippen LogP contribution is 2.23. The zero-order chi connectivity index (χ0) is 21.2. The van der Waals surface area contributed by atoms with E-state index in [1.165, 1.54) is 16.4 Å². The Bertz CT molecular complexity index is 978. The molecule has 1 fully saturated rings. The Morgan fingerprint density at radius 1 is 1.07 bits per heavy atom. The second kappa shape index (κ2) is 8.65. The highest BCUT2D eigenvalue weighted by Gasteiger charge is 2.32. The molecule has 0 aromatic heterocycles. The van der Waals surface area contributed by atoms with Gasteiger partial charge in [-0.05, 0) is 55.7 Å². The normalized spacial score (nSPS) is 20.6. The number of nitrogens with zero attached hydrogens (tertiary/aromatic N) is 1. The minimum absolute atomic E-state index is 0.113. The summed E-state index contributed by atoms with van der Waals surface area (Å²) >= 11 is 0. The topological polar surface area (TPSA) is 75.7 Å². The van der Waals surface area contributed by atoms with Gasteiger partial charge in [0.15, 0.2) is 0 Å². The highest BCUT2D eigenvalue weighted by atomic mass is 32.2. The smallest absolute Gasteiger partial charge is 0.255 e. The maximum atomic E-state index is 13.1. The predicted octanol–water partition coefficient (Wildman–Crippen LogP) is 3.86. The molecule has 0 spiro atoms. The maximum absolute atomic E-state index is 13.1. The fourth-order valence-electron chi connectivity index (χ4n) is 3.45. The molecule has 2 aromatic carbocycles. The number of nitrogens with one attached hydrogen (secondary N) is 1. The average Bonchev–Trinajstić information content (AvgIpc) is 2.67. The zero-order valence-electron chi connectivity index (χ0n) is 17.3. The van der Waals surface area contributed by atoms with Crippen LogP contribution in [-0.2, 0) is 14.8 Å². The average molecular weight is 417 g/mol. The summed E-state index contributed by atoms with van der Waals surface area (Å²) in [5.41, 5.74) is 2.11. The predicted molar refractivity (Wildman–Crippen MR) is 114 cm³/mol. The van der Waals surface area contributed by atoms with Crippen LogP contribution in [0.3, 0.4) is 0 Å². The van der Waals surface area contributed by atoms with Crippen LogP contribution in [0.1, 0.15) is 49.5 Å². The molecule has 0 saturated carbocycles. The SMILES string of the molecule is CC1CN(S(=O)(=O)c2cccc(C(=O)Nc3cccc(C(C)C)c3)c2)CC(C)O1. The molecule has 1 saturated heterocycles. The van der Waals surface area contributed by atoms with Crippen LogP contribution < -0.4 is 5.32 Å². The second-order valence-corrected chi connectivity index (χ2v) is 9.78. The van der Waals surface area contributed by atoms with Crippen molar-refractivity contribution in [1.29, 1.82) is 0 Å². The molecule has 1 heterocycles. The van der Waals surface area contributed by atoms with Crippen LogP contribution in [-0.4, -0.2) is 43.9 Å². The van der Waals surface area contributed by atoms with Gasteiger partial charge in [0, 0.05) is 24.3 Å². The Hall–Kier alpha value is -2.22. The van der Waals surface area contributed by atoms with Crippen LogP contribution in [0.5, 0.6) is 0 Å². The van der Waals surface area contributed by atoms with E-state index < -0.39 is 10.0 Å². The van der Waals surface area contributed by atoms with E-state index in [1.807, 2.05) is 38.1 Å². The molecule has 6 nitrogen and oxygen atoms in total. The van der Waals surface area contributed by atoms with Gasteiger partial charge in [-0.2, -0.15) is 4.31 Å². The zero-order valence-corrected chi connectivity index (χ0v) is 18.1. The standard InChI is InChI=1S/C22H28N2O4S/c1-15(2)18-7-5-9-20(11-18)23-22(25)19-8-6-10-21(12-19)29(26,27)24-13-16(3)28-17(4)14-24/h5-12,15-17H,13-14H2,1-4H3,(H,23,25). The first kappa shape index (κ1) is 21.5. The molecule has 29 heavy (non-hydrogen) atoms. The number of amides is 1. The van der Waals surface area contributed by atoms with Crippen molar-refractivity contribution in [1.82, 2.24) is 4.31 Å². The number of hydrogen-bond acceptors (Lipinski definition) is 4. The summed E-state index contributed by atoms with van der Waals surface area (Å²) in [5, 5.41) is 2.86. The van der Waals surface area contributed by atoms with Gasteiger partial charge in [-0.15, -0.1) is 0 Å². The summed E-state index contributed by atoms with van der Waals surface area (Å²) in [5.74, 6) is 0.00491. The summed E-state index contributed by atoms with van der Waals surface area (Å²) in [6.07, 6.45) is -0.346. The van der Waals surface area contributed by atoms with E-state index in [1.54, 1.807) is 12.1 Å². The lowest BCUT2D eigenvalue weighted by Gasteiger charge is -2.34. The van der Waals surface area contributed by atoms with Crippen LogP contribution in [0, 0.1) is 0 Å². The van der Waals surface area contributed by atoms with E-state index in [9.17, 15) is 13.2 Å². The van der Waals surface area contributed by atoms with Crippen molar-refractivity contribution in [2.24, 2.45) is 0 Å². The molecule has 1 amide bonds. The molecular weight excluding hydrogens is 388 g/mol. The van der Waals surface area contributed by atoms with Crippen molar-refractivity contribution in [3.63, 3.8) is 0 Å². The van der Waals surface area contributed by atoms with Crippen molar-refractivity contribution in [3.05, 3.63) is 59.7 Å². The molecule has 0 bridgehead atoms. The molecule has 0 aliphatic carbocycles. The van der Waals surface area contributed by atoms with Crippen LogP contribution >= 0.6 is 0 Å². The second-order valence-electron chi connectivity index (χ2n) is 7.84. The van der Waals surface area contributed by atoms with Crippen molar-refractivity contribution < 1.29 is 17.9 Å². The quantitative estimate of drug-likeness (QED) is 0.803. The number of carbonyl (C=O) groups is 1. The van der Waals surface area contributed by atoms with Gasteiger partial charge in [-0.1, -0.05) is 32.0 Å². The van der Waals surface area contributed by atoms with Crippen LogP contribution in [0.2, 0.25) is 0 Å². The number of carbonyl (C=O) groups excluding carboxylic acids is 1. The highest BCUT2D eigenvalue weighted by molar-refractivity contribution is 7.89. The van der Waals surface area contributed by atoms with E-state index in [-0.39, 0.29) is 23.0 Å². The summed E-state index contributed by atoms with van der Waals surface area (Å²) in [7, 11) is -3.70. The van der Waals surface area contributed by atoms with Gasteiger partial charge in [-0.3, -0.25) is 4.79 Å². The lowest BCUT2D eigenvalue weighted by atomic mass is 10.0. The lowest BCUT2D eigenvalue weighted by molar-refractivity contribution is -0.0440. The number of anilines is 1. The van der Waals surface area contributed by atoms with Crippen LogP contribution in [0.25, 0.3) is 0 Å². The number of sulfonamides is 1. The van der Waals surface area contributed by atoms with E-state index >= 15 is 0 Å². The minimum Gasteiger partial charge on any atom is -0.373 e. The third-order valence-corrected chi connectivity index (χ3v) is 6.76. The summed E-state index contributed by atoms with van der Waals surface area (Å²) in [4.78, 5) is 12.8. The largest absolute Gasteiger partial charge is 0.373 e. The summed E-state index contributed by atoms with van der Waals surface area (Å²) in [6, 6.07) is 13.8.